The third kappa shape index (κ3) is 6.84. The summed E-state index contributed by atoms with van der Waals surface area (Å²) >= 11 is 0. The fourth-order valence-electron chi connectivity index (χ4n) is 6.28. The van der Waals surface area contributed by atoms with Crippen LogP contribution < -0.4 is 25.2 Å². The van der Waals surface area contributed by atoms with Gasteiger partial charge in [0.15, 0.2) is 0 Å². The van der Waals surface area contributed by atoms with Crippen molar-refractivity contribution in [3.8, 4) is 11.5 Å². The zero-order chi connectivity index (χ0) is 35.5. The molecule has 0 aliphatic rings. The van der Waals surface area contributed by atoms with Crippen molar-refractivity contribution in [2.75, 3.05) is 11.5 Å². The van der Waals surface area contributed by atoms with Crippen LogP contribution in [0.5, 0.6) is 11.5 Å². The molecule has 0 radical (unpaired) electrons. The van der Waals surface area contributed by atoms with E-state index >= 15 is 0 Å². The SMILES string of the molecule is C[n+]1ccn(CCCn2cc[n+](CCCn3cc[n+](C)c3N=Nc3cc(O)c(N)c4ccccc34)c2)c1N=Nc1cc(O)c(N)c2ccccc12. The average Bonchev–Trinajstić information content (AvgIpc) is 3.85. The molecule has 3 heterocycles. The van der Waals surface area contributed by atoms with Crippen molar-refractivity contribution in [3.05, 3.63) is 104 Å². The van der Waals surface area contributed by atoms with Gasteiger partial charge < -0.3 is 21.7 Å². The Morgan fingerprint density at radius 1 is 0.608 bits per heavy atom. The molecule has 0 unspecified atom stereocenters. The maximum Gasteiger partial charge on any atom is 0.421 e. The summed E-state index contributed by atoms with van der Waals surface area (Å²) in [5.41, 5.74) is 13.9. The number of phenolic OH excluding ortho intramolecular Hbond substituents is 2. The van der Waals surface area contributed by atoms with Crippen LogP contribution in [0.2, 0.25) is 0 Å². The van der Waals surface area contributed by atoms with Gasteiger partial charge in [0.2, 0.25) is 6.33 Å². The maximum atomic E-state index is 10.3. The van der Waals surface area contributed by atoms with Gasteiger partial charge in [-0.2, -0.15) is 0 Å². The summed E-state index contributed by atoms with van der Waals surface area (Å²) in [4.78, 5) is 0. The molecule has 0 amide bonds. The predicted octanol–water partition coefficient (Wildman–Crippen LogP) is 5.92. The molecule has 258 valence electrons. The number of benzene rings is 4. The number of hydrogen-bond acceptors (Lipinski definition) is 8. The van der Waals surface area contributed by atoms with Crippen LogP contribution in [-0.4, -0.2) is 23.9 Å². The van der Waals surface area contributed by atoms with Gasteiger partial charge in [-0.25, -0.2) is 27.4 Å². The Morgan fingerprint density at radius 2 is 1.10 bits per heavy atom. The lowest BCUT2D eigenvalue weighted by atomic mass is 10.1. The Bertz CT molecular complexity index is 2250. The molecule has 7 aromatic rings. The van der Waals surface area contributed by atoms with Crippen LogP contribution in [0.15, 0.2) is 125 Å². The first-order valence-corrected chi connectivity index (χ1v) is 16.7. The van der Waals surface area contributed by atoms with Gasteiger partial charge in [0.25, 0.3) is 0 Å². The molecule has 14 heteroatoms. The number of hydrogen-bond donors (Lipinski definition) is 4. The molecule has 0 saturated carbocycles. The number of azo groups is 2. The van der Waals surface area contributed by atoms with Gasteiger partial charge in [-0.15, -0.1) is 0 Å². The van der Waals surface area contributed by atoms with Crippen LogP contribution in [-0.2, 0) is 40.3 Å². The highest BCUT2D eigenvalue weighted by Crippen LogP contribution is 2.39. The number of anilines is 2. The molecule has 0 spiro atoms. The third-order valence-corrected chi connectivity index (χ3v) is 9.04. The van der Waals surface area contributed by atoms with Crippen molar-refractivity contribution >= 4 is 56.2 Å². The Labute approximate surface area is 294 Å². The molecule has 4 aromatic carbocycles. The standard InChI is InChI=1S/C37H38N12O2/c1-44-17-21-48(36(44)42-40-30-23-32(50)34(38)28-11-5-3-9-26(28)30)15-7-13-46-19-20-47(25-46)14-8-16-49-22-18-45(2)37(49)43-41-31-24-33(51)35(39)29-12-6-4-10-27(29)31/h3-6,9-12,17-25,38-39H,7-8,13-16H2,1-2H3,(H-,40,41,50,51)/p+3. The van der Waals surface area contributed by atoms with E-state index in [1.165, 1.54) is 0 Å². The molecule has 0 aliphatic carbocycles. The van der Waals surface area contributed by atoms with E-state index in [1.807, 2.05) is 96.5 Å². The first-order valence-electron chi connectivity index (χ1n) is 16.7. The number of rotatable bonds is 12. The van der Waals surface area contributed by atoms with Crippen LogP contribution in [0.25, 0.3) is 21.5 Å². The summed E-state index contributed by atoms with van der Waals surface area (Å²) in [5.74, 6) is 1.39. The first-order chi connectivity index (χ1) is 24.8. The molecule has 0 fully saturated rings. The second kappa shape index (κ2) is 14.1. The van der Waals surface area contributed by atoms with E-state index in [-0.39, 0.29) is 11.5 Å². The molecule has 6 N–H and O–H groups in total. The number of imidazole rings is 3. The highest BCUT2D eigenvalue weighted by Gasteiger charge is 2.18. The van der Waals surface area contributed by atoms with Gasteiger partial charge in [0, 0.05) is 56.7 Å². The molecule has 3 aromatic heterocycles. The van der Waals surface area contributed by atoms with Crippen molar-refractivity contribution in [2.45, 2.75) is 39.0 Å². The van der Waals surface area contributed by atoms with Crippen molar-refractivity contribution < 1.29 is 23.9 Å². The predicted molar refractivity (Wildman–Crippen MR) is 193 cm³/mol. The summed E-state index contributed by atoms with van der Waals surface area (Å²) in [6.07, 6.45) is 16.0. The van der Waals surface area contributed by atoms with Crippen LogP contribution in [0.1, 0.15) is 12.8 Å². The Hall–Kier alpha value is -6.57. The van der Waals surface area contributed by atoms with Crippen molar-refractivity contribution in [3.63, 3.8) is 0 Å². The zero-order valence-corrected chi connectivity index (χ0v) is 28.6. The van der Waals surface area contributed by atoms with Gasteiger partial charge >= 0.3 is 11.9 Å². The van der Waals surface area contributed by atoms with Crippen molar-refractivity contribution in [1.82, 2.24) is 13.7 Å². The smallest absolute Gasteiger partial charge is 0.421 e. The summed E-state index contributed by atoms with van der Waals surface area (Å²) in [7, 11) is 3.87. The van der Waals surface area contributed by atoms with E-state index in [2.05, 4.69) is 57.4 Å². The van der Waals surface area contributed by atoms with Gasteiger partial charge in [0.05, 0.1) is 76.4 Å². The molecular formula is C37H41N12O2+3. The lowest BCUT2D eigenvalue weighted by Gasteiger charge is -2.06. The highest BCUT2D eigenvalue weighted by molar-refractivity contribution is 6.03. The van der Waals surface area contributed by atoms with Gasteiger partial charge in [-0.05, 0) is 0 Å². The maximum absolute atomic E-state index is 10.3. The summed E-state index contributed by atoms with van der Waals surface area (Å²) < 4.78 is 12.4. The van der Waals surface area contributed by atoms with Gasteiger partial charge in [-0.1, -0.05) is 58.8 Å². The Kier molecular flexibility index (Phi) is 9.12. The van der Waals surface area contributed by atoms with Crippen molar-refractivity contribution in [1.29, 1.82) is 0 Å². The van der Waals surface area contributed by atoms with Gasteiger partial charge in [0.1, 0.15) is 35.3 Å². The molecule has 0 atom stereocenters. The number of fused-ring (bicyclic) bond motifs is 2. The molecular weight excluding hydrogens is 644 g/mol. The van der Waals surface area contributed by atoms with E-state index < -0.39 is 0 Å². The minimum absolute atomic E-state index is 0.0108. The third-order valence-electron chi connectivity index (χ3n) is 9.04. The molecule has 51 heavy (non-hydrogen) atoms. The fourth-order valence-corrected chi connectivity index (χ4v) is 6.28. The monoisotopic (exact) mass is 685 g/mol. The largest absolute Gasteiger partial charge is 0.506 e. The number of nitrogens with two attached hydrogens (primary N) is 2. The topological polar surface area (TPSA) is 168 Å². The lowest BCUT2D eigenvalue weighted by molar-refractivity contribution is -0.697. The van der Waals surface area contributed by atoms with E-state index in [0.29, 0.717) is 34.6 Å². The Balaban J connectivity index is 0.945. The number of nitrogens with zero attached hydrogens (tertiary/aromatic N) is 10. The van der Waals surface area contributed by atoms with Crippen LogP contribution in [0.3, 0.4) is 0 Å². The van der Waals surface area contributed by atoms with E-state index in [4.69, 9.17) is 11.5 Å². The molecule has 7 rings (SSSR count). The van der Waals surface area contributed by atoms with E-state index in [9.17, 15) is 10.2 Å². The van der Waals surface area contributed by atoms with E-state index in [0.717, 1.165) is 60.6 Å². The fraction of sp³-hybridized carbons (Fsp3) is 0.216. The van der Waals surface area contributed by atoms with E-state index in [1.54, 1.807) is 12.1 Å². The minimum atomic E-state index is -0.0108. The quantitative estimate of drug-likeness (QED) is 0.0542. The summed E-state index contributed by atoms with van der Waals surface area (Å²) in [5, 5.41) is 41.9. The zero-order valence-electron chi connectivity index (χ0n) is 28.6. The van der Waals surface area contributed by atoms with Crippen LogP contribution in [0.4, 0.5) is 34.6 Å². The number of nitrogen functional groups attached to an aromatic ring is 2. The summed E-state index contributed by atoms with van der Waals surface area (Å²) in [6.45, 7) is 3.20. The number of aromatic hydroxyl groups is 2. The highest BCUT2D eigenvalue weighted by atomic mass is 16.3. The second-order valence-electron chi connectivity index (χ2n) is 12.5. The molecule has 0 saturated heterocycles. The van der Waals surface area contributed by atoms with Crippen molar-refractivity contribution in [2.24, 2.45) is 34.6 Å². The minimum Gasteiger partial charge on any atom is -0.506 e. The number of aryl methyl sites for hydroxylation is 6. The van der Waals surface area contributed by atoms with Crippen LogP contribution >= 0.6 is 0 Å². The lowest BCUT2D eigenvalue weighted by Crippen LogP contribution is -2.32. The van der Waals surface area contributed by atoms with Crippen LogP contribution in [0, 0.1) is 0 Å². The molecule has 0 aliphatic heterocycles. The second-order valence-corrected chi connectivity index (χ2v) is 12.5. The number of aromatic nitrogens is 6. The number of phenols is 2. The molecule has 14 nitrogen and oxygen atoms in total. The van der Waals surface area contributed by atoms with Gasteiger partial charge in [-0.3, -0.25) is 0 Å². The molecule has 0 bridgehead atoms. The summed E-state index contributed by atoms with van der Waals surface area (Å²) in [6, 6.07) is 18.3. The normalized spacial score (nSPS) is 12.0. The Morgan fingerprint density at radius 3 is 1.63 bits per heavy atom. The first kappa shape index (κ1) is 33.0. The average molecular weight is 686 g/mol.